The van der Waals surface area contributed by atoms with Crippen molar-refractivity contribution in [1.82, 2.24) is 40.0 Å². The molecule has 0 bridgehead atoms. The zero-order valence-corrected chi connectivity index (χ0v) is 46.6. The molecule has 1 heterocycles. The van der Waals surface area contributed by atoms with E-state index in [1.807, 2.05) is 0 Å². The van der Waals surface area contributed by atoms with Gasteiger partial charge in [0.25, 0.3) is 0 Å². The summed E-state index contributed by atoms with van der Waals surface area (Å²) >= 11 is 0. The summed E-state index contributed by atoms with van der Waals surface area (Å²) in [7, 11) is 0. The highest BCUT2D eigenvalue weighted by Gasteiger charge is 2.47. The first-order valence-electron chi connectivity index (χ1n) is 26.9. The van der Waals surface area contributed by atoms with Gasteiger partial charge >= 0.3 is 59.7 Å². The first kappa shape index (κ1) is 77.0. The molecular weight excluding hydrogens is 1150 g/mol. The fourth-order valence-electron chi connectivity index (χ4n) is 9.10. The van der Waals surface area contributed by atoms with Crippen molar-refractivity contribution in [3.8, 4) is 0 Å². The van der Waals surface area contributed by atoms with Crippen molar-refractivity contribution in [2.24, 2.45) is 0 Å². The number of nitrogens with one attached hydrogen (secondary N) is 2. The molecule has 85 heavy (non-hydrogen) atoms. The van der Waals surface area contributed by atoms with E-state index in [0.717, 1.165) is 19.6 Å². The third kappa shape index (κ3) is 32.4. The van der Waals surface area contributed by atoms with E-state index in [1.165, 1.54) is 9.80 Å². The van der Waals surface area contributed by atoms with Crippen LogP contribution in [0.15, 0.2) is 0 Å². The molecule has 37 nitrogen and oxygen atoms in total. The van der Waals surface area contributed by atoms with Crippen LogP contribution in [-0.4, -0.2) is 381 Å². The SMILES string of the molecule is O=C(O)CN(CCN(CCN(CC(=O)O)CC(=O)O)C(CCCCNCC(O)C(O)C(OC1OC(CNCCCCC(C(=O)O)N(CCN(CC(=O)O)CC(=O)O)CCN(CC(=O)O)CC(=O)O)C(O)C(O)C1O)C(O)CO)C(=O)O)CC(=O)O. The highest BCUT2D eigenvalue weighted by Crippen LogP contribution is 2.25. The van der Waals surface area contributed by atoms with Crippen LogP contribution >= 0.6 is 0 Å². The van der Waals surface area contributed by atoms with Crippen LogP contribution in [0.2, 0.25) is 0 Å². The van der Waals surface area contributed by atoms with E-state index in [0.29, 0.717) is 0 Å². The Kier molecular flexibility index (Phi) is 37.3. The van der Waals surface area contributed by atoms with Crippen LogP contribution in [0.1, 0.15) is 38.5 Å². The second kappa shape index (κ2) is 41.2. The summed E-state index contributed by atoms with van der Waals surface area (Å²) in [5, 5.41) is 175. The maximum atomic E-state index is 12.6. The molecule has 0 aromatic carbocycles. The van der Waals surface area contributed by atoms with E-state index in [2.05, 4.69) is 10.6 Å². The van der Waals surface area contributed by atoms with Crippen LogP contribution in [0.25, 0.3) is 0 Å². The predicted molar refractivity (Wildman–Crippen MR) is 283 cm³/mol. The lowest BCUT2D eigenvalue weighted by Gasteiger charge is -2.43. The molecule has 0 radical (unpaired) electrons. The van der Waals surface area contributed by atoms with Crippen molar-refractivity contribution in [2.45, 2.75) is 106 Å². The van der Waals surface area contributed by atoms with Crippen molar-refractivity contribution in [2.75, 3.05) is 138 Å². The van der Waals surface area contributed by atoms with E-state index >= 15 is 0 Å². The Bertz CT molecular complexity index is 1960. The Morgan fingerprint density at radius 1 is 0.435 bits per heavy atom. The van der Waals surface area contributed by atoms with E-state index in [4.69, 9.17) is 9.47 Å². The molecule has 0 aliphatic carbocycles. The van der Waals surface area contributed by atoms with Gasteiger partial charge in [0.15, 0.2) is 6.29 Å². The van der Waals surface area contributed by atoms with Crippen LogP contribution in [0.4, 0.5) is 0 Å². The largest absolute Gasteiger partial charge is 0.480 e. The van der Waals surface area contributed by atoms with Crippen LogP contribution in [0.3, 0.4) is 0 Å². The Morgan fingerprint density at radius 2 is 0.765 bits per heavy atom. The summed E-state index contributed by atoms with van der Waals surface area (Å²) in [6.07, 6.45) is -16.2. The number of hydrogen-bond acceptors (Lipinski definition) is 27. The van der Waals surface area contributed by atoms with Gasteiger partial charge in [-0.1, -0.05) is 12.8 Å². The van der Waals surface area contributed by atoms with Gasteiger partial charge in [0.2, 0.25) is 0 Å². The number of carboxylic acids is 10. The van der Waals surface area contributed by atoms with Gasteiger partial charge in [0.05, 0.1) is 65.1 Å². The fraction of sp³-hybridized carbons (Fsp3) is 0.792. The van der Waals surface area contributed by atoms with E-state index in [1.54, 1.807) is 0 Å². The molecule has 0 aromatic rings. The Balaban J connectivity index is 3.03. The normalized spacial score (nSPS) is 19.4. The zero-order chi connectivity index (χ0) is 64.5. The van der Waals surface area contributed by atoms with E-state index in [-0.39, 0.29) is 111 Å². The molecule has 1 aliphatic rings. The van der Waals surface area contributed by atoms with Crippen molar-refractivity contribution < 1.29 is 144 Å². The molecule has 0 aromatic heterocycles. The fourth-order valence-corrected chi connectivity index (χ4v) is 9.10. The van der Waals surface area contributed by atoms with Crippen LogP contribution in [0, 0.1) is 0 Å². The van der Waals surface area contributed by atoms with Crippen molar-refractivity contribution >= 4 is 59.7 Å². The highest BCUT2D eigenvalue weighted by molar-refractivity contribution is 5.75. The summed E-state index contributed by atoms with van der Waals surface area (Å²) < 4.78 is 11.3. The molecular formula is C48H84N8O29. The van der Waals surface area contributed by atoms with Crippen molar-refractivity contribution in [1.29, 1.82) is 0 Å². The molecule has 1 fully saturated rings. The van der Waals surface area contributed by atoms with Gasteiger partial charge in [0.1, 0.15) is 54.8 Å². The average Bonchev–Trinajstić information content (AvgIpc) is 2.52. The summed E-state index contributed by atoms with van der Waals surface area (Å²) in [6.45, 7) is -9.32. The maximum Gasteiger partial charge on any atom is 0.320 e. The van der Waals surface area contributed by atoms with Crippen LogP contribution in [-0.2, 0) is 57.4 Å². The Morgan fingerprint density at radius 3 is 1.07 bits per heavy atom. The van der Waals surface area contributed by atoms with E-state index < -0.39 is 192 Å². The van der Waals surface area contributed by atoms with Crippen molar-refractivity contribution in [3.05, 3.63) is 0 Å². The lowest BCUT2D eigenvalue weighted by atomic mass is 9.98. The minimum Gasteiger partial charge on any atom is -0.480 e. The molecule has 11 unspecified atom stereocenters. The second-order valence-corrected chi connectivity index (χ2v) is 20.1. The number of ether oxygens (including phenoxy) is 2. The molecule has 11 atom stereocenters. The summed E-state index contributed by atoms with van der Waals surface area (Å²) in [6, 6.07) is -2.65. The smallest absolute Gasteiger partial charge is 0.320 e. The number of rotatable bonds is 52. The maximum absolute atomic E-state index is 12.6. The lowest BCUT2D eigenvalue weighted by molar-refractivity contribution is -0.322. The number of aliphatic hydroxyl groups is 7. The first-order valence-corrected chi connectivity index (χ1v) is 26.9. The van der Waals surface area contributed by atoms with Gasteiger partial charge in [-0.2, -0.15) is 0 Å². The Labute approximate surface area is 486 Å². The van der Waals surface area contributed by atoms with Gasteiger partial charge in [-0.3, -0.25) is 77.3 Å². The molecule has 0 spiro atoms. The molecule has 0 saturated carbocycles. The predicted octanol–water partition coefficient (Wildman–Crippen LogP) is -8.83. The zero-order valence-electron chi connectivity index (χ0n) is 46.6. The number of aliphatic carboxylic acids is 10. The topological polar surface area (TPSA) is 577 Å². The highest BCUT2D eigenvalue weighted by atomic mass is 16.7. The van der Waals surface area contributed by atoms with Gasteiger partial charge in [-0.25, -0.2) is 0 Å². The number of carbonyl (C=O) groups is 10. The summed E-state index contributed by atoms with van der Waals surface area (Å²) in [5.74, 6) is -13.7. The number of hydrogen-bond donors (Lipinski definition) is 19. The van der Waals surface area contributed by atoms with Gasteiger partial charge in [-0.15, -0.1) is 0 Å². The molecule has 1 saturated heterocycles. The minimum absolute atomic E-state index is 0.0540. The standard InChI is InChI=1S/C48H84N8O29/c57-27-31(59)45(41(76)30(58)17-49-7-3-1-5-28(46(80)81)55(13-9-51(19-33(60)61)20-34(62)63)14-10-52(21-35(64)65)22-36(66)67)85-48-44(79)43(78)42(77)32(84-48)18-50-8-4-2-6-29(47(82)83)56(15-11-53(23-37(68)69)24-38(70)71)16-12-54(25-39(72)73)26-40(74)75/h28-32,41-45,48-50,57-59,76-79H,1-27H2,(H,60,61)(H,62,63)(H,64,65)(H,66,67)(H,68,69)(H,70,71)(H,72,73)(H,74,75)(H,80,81)(H,82,83). The molecule has 0 amide bonds. The number of aliphatic hydroxyl groups excluding tert-OH is 7. The summed E-state index contributed by atoms with van der Waals surface area (Å²) in [4.78, 5) is 123. The quantitative estimate of drug-likeness (QED) is 0.0252. The van der Waals surface area contributed by atoms with Gasteiger partial charge < -0.3 is 107 Å². The molecule has 1 rings (SSSR count). The lowest BCUT2D eigenvalue weighted by Crippen LogP contribution is -2.62. The average molecular weight is 1240 g/mol. The third-order valence-corrected chi connectivity index (χ3v) is 13.3. The van der Waals surface area contributed by atoms with Crippen LogP contribution in [0.5, 0.6) is 0 Å². The molecule has 19 N–H and O–H groups in total. The second-order valence-electron chi connectivity index (χ2n) is 20.1. The third-order valence-electron chi connectivity index (χ3n) is 13.3. The number of carboxylic acid groups (broad SMARTS) is 10. The Hall–Kier alpha value is -5.98. The molecule has 490 valence electrons. The monoisotopic (exact) mass is 1240 g/mol. The summed E-state index contributed by atoms with van der Waals surface area (Å²) in [5.41, 5.74) is 0. The number of nitrogens with zero attached hydrogens (tertiary/aromatic N) is 6. The first-order chi connectivity index (χ1) is 39.9. The molecule has 1 aliphatic heterocycles. The number of unbranched alkanes of at least 4 members (excludes halogenated alkanes) is 2. The minimum atomic E-state index is -2.05. The van der Waals surface area contributed by atoms with Gasteiger partial charge in [-0.05, 0) is 38.8 Å². The van der Waals surface area contributed by atoms with Gasteiger partial charge in [0, 0.05) is 65.4 Å². The van der Waals surface area contributed by atoms with Crippen molar-refractivity contribution in [3.63, 3.8) is 0 Å². The van der Waals surface area contributed by atoms with Crippen LogP contribution < -0.4 is 10.6 Å². The molecule has 37 heteroatoms. The van der Waals surface area contributed by atoms with E-state index in [9.17, 15) is 135 Å².